The highest BCUT2D eigenvalue weighted by atomic mass is 32.2. The molecule has 29 heavy (non-hydrogen) atoms. The fourth-order valence-electron chi connectivity index (χ4n) is 3.45. The minimum absolute atomic E-state index is 0.0990. The van der Waals surface area contributed by atoms with Crippen molar-refractivity contribution < 1.29 is 22.1 Å². The van der Waals surface area contributed by atoms with Gasteiger partial charge >= 0.3 is 0 Å². The number of benzene rings is 1. The molecule has 3 rings (SSSR count). The van der Waals surface area contributed by atoms with Gasteiger partial charge in [0, 0.05) is 38.3 Å². The van der Waals surface area contributed by atoms with Crippen LogP contribution < -0.4 is 0 Å². The van der Waals surface area contributed by atoms with Gasteiger partial charge in [-0.15, -0.1) is 0 Å². The summed E-state index contributed by atoms with van der Waals surface area (Å²) >= 11 is 0. The molecule has 0 radical (unpaired) electrons. The van der Waals surface area contributed by atoms with Gasteiger partial charge in [0.25, 0.3) is 0 Å². The molecular formula is C19H25FN4O4S. The van der Waals surface area contributed by atoms with Gasteiger partial charge < -0.3 is 9.42 Å². The van der Waals surface area contributed by atoms with Gasteiger partial charge in [-0.1, -0.05) is 23.4 Å². The summed E-state index contributed by atoms with van der Waals surface area (Å²) in [5.41, 5.74) is 0.856. The molecule has 10 heteroatoms. The number of piperazine rings is 1. The molecule has 0 spiro atoms. The van der Waals surface area contributed by atoms with E-state index >= 15 is 0 Å². The van der Waals surface area contributed by atoms with Crippen LogP contribution >= 0.6 is 0 Å². The molecule has 0 N–H and O–H groups in total. The number of amides is 1. The standard InChI is InChI=1S/C19H25FN4O4S/c1-14-19(15(2)28-21-14)29(26,27)24-10-8-23(9-11-24)18(25)13-22(3)12-16-6-4-5-7-17(16)20/h4-7H,8-13H2,1-3H3. The van der Waals surface area contributed by atoms with Gasteiger partial charge in [0.05, 0.1) is 6.54 Å². The summed E-state index contributed by atoms with van der Waals surface area (Å²) in [5, 5.41) is 3.72. The summed E-state index contributed by atoms with van der Waals surface area (Å²) in [4.78, 5) is 16.1. The van der Waals surface area contributed by atoms with Crippen LogP contribution in [0.4, 0.5) is 4.39 Å². The molecule has 1 fully saturated rings. The minimum atomic E-state index is -3.71. The molecule has 0 bridgehead atoms. The van der Waals surface area contributed by atoms with Crippen LogP contribution in [-0.4, -0.2) is 73.4 Å². The van der Waals surface area contributed by atoms with E-state index in [9.17, 15) is 17.6 Å². The van der Waals surface area contributed by atoms with Crippen molar-refractivity contribution in [2.45, 2.75) is 25.3 Å². The number of nitrogens with zero attached hydrogens (tertiary/aromatic N) is 4. The predicted octanol–water partition coefficient (Wildman–Crippen LogP) is 1.40. The molecule has 1 aromatic carbocycles. The third-order valence-corrected chi connectivity index (χ3v) is 7.10. The number of hydrogen-bond acceptors (Lipinski definition) is 6. The summed E-state index contributed by atoms with van der Waals surface area (Å²) in [6.45, 7) is 4.62. The van der Waals surface area contributed by atoms with E-state index in [1.807, 2.05) is 0 Å². The van der Waals surface area contributed by atoms with Gasteiger partial charge in [0.1, 0.15) is 16.4 Å². The van der Waals surface area contributed by atoms with Crippen LogP contribution in [-0.2, 0) is 21.4 Å². The first-order chi connectivity index (χ1) is 13.7. The lowest BCUT2D eigenvalue weighted by molar-refractivity contribution is -0.133. The van der Waals surface area contributed by atoms with Crippen LogP contribution in [0.5, 0.6) is 0 Å². The summed E-state index contributed by atoms with van der Waals surface area (Å²) < 4.78 is 45.8. The van der Waals surface area contributed by atoms with Crippen molar-refractivity contribution in [3.63, 3.8) is 0 Å². The van der Waals surface area contributed by atoms with Crippen molar-refractivity contribution in [2.24, 2.45) is 0 Å². The third kappa shape index (κ3) is 4.65. The molecule has 1 aliphatic rings. The third-order valence-electron chi connectivity index (χ3n) is 4.96. The maximum Gasteiger partial charge on any atom is 0.248 e. The molecular weight excluding hydrogens is 399 g/mol. The zero-order valence-electron chi connectivity index (χ0n) is 16.8. The quantitative estimate of drug-likeness (QED) is 0.697. The van der Waals surface area contributed by atoms with E-state index in [-0.39, 0.29) is 42.0 Å². The second kappa shape index (κ2) is 8.60. The molecule has 158 valence electrons. The number of aromatic nitrogens is 1. The molecule has 0 atom stereocenters. The number of likely N-dealkylation sites (N-methyl/N-ethyl adjacent to an activating group) is 1. The first-order valence-electron chi connectivity index (χ1n) is 9.33. The lowest BCUT2D eigenvalue weighted by Gasteiger charge is -2.34. The molecule has 0 unspecified atom stereocenters. The Labute approximate surface area is 169 Å². The van der Waals surface area contributed by atoms with Crippen LogP contribution in [0.2, 0.25) is 0 Å². The second-order valence-electron chi connectivity index (χ2n) is 7.20. The van der Waals surface area contributed by atoms with Crippen LogP contribution in [0.3, 0.4) is 0 Å². The Balaban J connectivity index is 1.56. The summed E-state index contributed by atoms with van der Waals surface area (Å²) in [6, 6.07) is 6.46. The Morgan fingerprint density at radius 1 is 1.21 bits per heavy atom. The smallest absolute Gasteiger partial charge is 0.248 e. The Kier molecular flexibility index (Phi) is 6.35. The van der Waals surface area contributed by atoms with Gasteiger partial charge in [0.2, 0.25) is 15.9 Å². The average molecular weight is 424 g/mol. The topological polar surface area (TPSA) is 87.0 Å². The fourth-order valence-corrected chi connectivity index (χ4v) is 5.17. The second-order valence-corrected chi connectivity index (χ2v) is 9.08. The van der Waals surface area contributed by atoms with Gasteiger partial charge in [-0.25, -0.2) is 12.8 Å². The number of rotatable bonds is 6. The molecule has 2 aromatic rings. The summed E-state index contributed by atoms with van der Waals surface area (Å²) in [6.07, 6.45) is 0. The monoisotopic (exact) mass is 424 g/mol. The largest absolute Gasteiger partial charge is 0.360 e. The molecule has 0 aliphatic carbocycles. The average Bonchev–Trinajstić information content (AvgIpc) is 3.02. The Hall–Kier alpha value is -2.30. The molecule has 1 aliphatic heterocycles. The normalized spacial score (nSPS) is 15.8. The highest BCUT2D eigenvalue weighted by Gasteiger charge is 2.34. The van der Waals surface area contributed by atoms with Crippen LogP contribution in [0, 0.1) is 19.7 Å². The van der Waals surface area contributed by atoms with Gasteiger partial charge in [-0.05, 0) is 27.0 Å². The lowest BCUT2D eigenvalue weighted by Crippen LogP contribution is -2.52. The molecule has 1 aromatic heterocycles. The first kappa shape index (κ1) is 21.4. The zero-order valence-corrected chi connectivity index (χ0v) is 17.6. The Bertz CT molecular complexity index is 964. The van der Waals surface area contributed by atoms with Crippen molar-refractivity contribution >= 4 is 15.9 Å². The highest BCUT2D eigenvalue weighted by molar-refractivity contribution is 7.89. The molecule has 1 saturated heterocycles. The molecule has 1 amide bonds. The minimum Gasteiger partial charge on any atom is -0.360 e. The van der Waals surface area contributed by atoms with Crippen LogP contribution in [0.15, 0.2) is 33.7 Å². The van der Waals surface area contributed by atoms with E-state index in [0.29, 0.717) is 30.9 Å². The molecule has 8 nitrogen and oxygen atoms in total. The van der Waals surface area contributed by atoms with Crippen LogP contribution in [0.25, 0.3) is 0 Å². The molecule has 0 saturated carbocycles. The van der Waals surface area contributed by atoms with Gasteiger partial charge in [-0.2, -0.15) is 4.31 Å². The maximum atomic E-state index is 13.8. The summed E-state index contributed by atoms with van der Waals surface area (Å²) in [7, 11) is -1.96. The fraction of sp³-hybridized carbons (Fsp3) is 0.474. The number of halogens is 1. The lowest BCUT2D eigenvalue weighted by atomic mass is 10.2. The van der Waals surface area contributed by atoms with E-state index in [1.54, 1.807) is 48.9 Å². The van der Waals surface area contributed by atoms with E-state index in [0.717, 1.165) is 0 Å². The van der Waals surface area contributed by atoms with Crippen LogP contribution in [0.1, 0.15) is 17.0 Å². The molecule has 2 heterocycles. The number of sulfonamides is 1. The summed E-state index contributed by atoms with van der Waals surface area (Å²) in [5.74, 6) is -0.154. The van der Waals surface area contributed by atoms with E-state index < -0.39 is 10.0 Å². The number of aryl methyl sites for hydroxylation is 2. The van der Waals surface area contributed by atoms with Gasteiger partial charge in [0.15, 0.2) is 5.76 Å². The Morgan fingerprint density at radius 2 is 1.86 bits per heavy atom. The zero-order chi connectivity index (χ0) is 21.2. The van der Waals surface area contributed by atoms with E-state index in [2.05, 4.69) is 5.16 Å². The number of carbonyl (C=O) groups excluding carboxylic acids is 1. The van der Waals surface area contributed by atoms with Crippen molar-refractivity contribution in [3.8, 4) is 0 Å². The van der Waals surface area contributed by atoms with E-state index in [1.165, 1.54) is 10.4 Å². The number of hydrogen-bond donors (Lipinski definition) is 0. The Morgan fingerprint density at radius 3 is 2.45 bits per heavy atom. The van der Waals surface area contributed by atoms with E-state index in [4.69, 9.17) is 4.52 Å². The van der Waals surface area contributed by atoms with Gasteiger partial charge in [-0.3, -0.25) is 9.69 Å². The van der Waals surface area contributed by atoms with Crippen molar-refractivity contribution in [3.05, 3.63) is 47.1 Å². The SMILES string of the molecule is Cc1noc(C)c1S(=O)(=O)N1CCN(C(=O)CN(C)Cc2ccccc2F)CC1. The first-order valence-corrected chi connectivity index (χ1v) is 10.8. The van der Waals surface area contributed by atoms with Crippen molar-refractivity contribution in [1.82, 2.24) is 19.3 Å². The van der Waals surface area contributed by atoms with Crippen molar-refractivity contribution in [1.29, 1.82) is 0 Å². The highest BCUT2D eigenvalue weighted by Crippen LogP contribution is 2.24. The predicted molar refractivity (Wildman–Crippen MR) is 104 cm³/mol. The number of carbonyl (C=O) groups is 1. The maximum absolute atomic E-state index is 13.8. The van der Waals surface area contributed by atoms with Crippen molar-refractivity contribution in [2.75, 3.05) is 39.8 Å².